The molecule has 4 aromatic rings. The van der Waals surface area contributed by atoms with Gasteiger partial charge in [-0.25, -0.2) is 0 Å². The van der Waals surface area contributed by atoms with E-state index in [1.165, 1.54) is 46.2 Å². The van der Waals surface area contributed by atoms with Gasteiger partial charge in [0.25, 0.3) is 0 Å². The molecule has 230 valence electrons. The fourth-order valence-corrected chi connectivity index (χ4v) is 7.42. The van der Waals surface area contributed by atoms with Gasteiger partial charge >= 0.3 is 0 Å². The van der Waals surface area contributed by atoms with Crippen molar-refractivity contribution in [3.63, 3.8) is 0 Å². The van der Waals surface area contributed by atoms with E-state index in [9.17, 15) is 10.2 Å². The molecule has 44 heavy (non-hydrogen) atoms. The van der Waals surface area contributed by atoms with Crippen molar-refractivity contribution in [3.8, 4) is 22.6 Å². The van der Waals surface area contributed by atoms with Crippen LogP contribution in [0.3, 0.4) is 0 Å². The first-order valence-corrected chi connectivity index (χ1v) is 16.8. The SMILES string of the molecule is CCN(Cc1ccccc1)Cc1cc2c(c(-c3c(O)c(CN(CC)Cc4ccccc4)cc4c3CCCC4)c1O)CCCC2. The highest BCUT2D eigenvalue weighted by atomic mass is 16.3. The Morgan fingerprint density at radius 2 is 0.909 bits per heavy atom. The van der Waals surface area contributed by atoms with Gasteiger partial charge in [-0.3, -0.25) is 9.80 Å². The molecular weight excluding hydrogens is 540 g/mol. The molecule has 0 unspecified atom stereocenters. The maximum absolute atomic E-state index is 12.2. The Labute approximate surface area is 264 Å². The molecule has 0 bridgehead atoms. The van der Waals surface area contributed by atoms with Crippen LogP contribution in [-0.2, 0) is 51.9 Å². The molecule has 2 aliphatic rings. The minimum Gasteiger partial charge on any atom is -0.507 e. The van der Waals surface area contributed by atoms with Crippen molar-refractivity contribution in [2.75, 3.05) is 13.1 Å². The molecular formula is C40H48N2O2. The molecule has 6 rings (SSSR count). The van der Waals surface area contributed by atoms with Gasteiger partial charge < -0.3 is 10.2 Å². The van der Waals surface area contributed by atoms with Crippen molar-refractivity contribution >= 4 is 0 Å². The minimum atomic E-state index is 0.369. The molecule has 0 atom stereocenters. The molecule has 0 aliphatic heterocycles. The molecule has 0 aromatic heterocycles. The number of hydrogen-bond acceptors (Lipinski definition) is 4. The summed E-state index contributed by atoms with van der Waals surface area (Å²) in [5.41, 5.74) is 11.5. The lowest BCUT2D eigenvalue weighted by Crippen LogP contribution is -2.23. The molecule has 2 aliphatic carbocycles. The fraction of sp³-hybridized carbons (Fsp3) is 0.400. The number of hydrogen-bond donors (Lipinski definition) is 2. The fourth-order valence-electron chi connectivity index (χ4n) is 7.42. The van der Waals surface area contributed by atoms with Crippen LogP contribution in [0.2, 0.25) is 0 Å². The quantitative estimate of drug-likeness (QED) is 0.184. The number of benzene rings is 4. The molecule has 4 aromatic carbocycles. The standard InChI is InChI=1S/C40H48N2O2/c1-3-41(25-29-15-7-5-8-16-29)27-33-23-31-19-11-13-21-35(31)37(39(33)43)38-36-22-14-12-20-32(36)24-34(40(38)44)28-42(4-2)26-30-17-9-6-10-18-30/h5-10,15-18,23-24,43-44H,3-4,11-14,19-22,25-28H2,1-2H3. The van der Waals surface area contributed by atoms with E-state index in [0.717, 1.165) is 87.0 Å². The van der Waals surface area contributed by atoms with Gasteiger partial charge in [0.05, 0.1) is 0 Å². The van der Waals surface area contributed by atoms with Gasteiger partial charge in [0, 0.05) is 48.4 Å². The lowest BCUT2D eigenvalue weighted by molar-refractivity contribution is 0.267. The van der Waals surface area contributed by atoms with Crippen LogP contribution in [0.15, 0.2) is 72.8 Å². The van der Waals surface area contributed by atoms with E-state index in [2.05, 4.69) is 96.4 Å². The van der Waals surface area contributed by atoms with E-state index < -0.39 is 0 Å². The molecule has 0 spiro atoms. The van der Waals surface area contributed by atoms with Crippen molar-refractivity contribution in [2.24, 2.45) is 0 Å². The number of rotatable bonds is 11. The van der Waals surface area contributed by atoms with E-state index in [-0.39, 0.29) is 0 Å². The Bertz CT molecular complexity index is 1450. The zero-order valence-corrected chi connectivity index (χ0v) is 26.6. The van der Waals surface area contributed by atoms with Gasteiger partial charge in [-0.2, -0.15) is 0 Å². The summed E-state index contributed by atoms with van der Waals surface area (Å²) < 4.78 is 0. The average molecular weight is 589 g/mol. The Kier molecular flexibility index (Phi) is 9.69. The third-order valence-corrected chi connectivity index (χ3v) is 9.83. The van der Waals surface area contributed by atoms with E-state index in [4.69, 9.17) is 0 Å². The first-order valence-electron chi connectivity index (χ1n) is 16.8. The van der Waals surface area contributed by atoms with E-state index >= 15 is 0 Å². The van der Waals surface area contributed by atoms with Crippen LogP contribution < -0.4 is 0 Å². The lowest BCUT2D eigenvalue weighted by atomic mass is 9.78. The lowest BCUT2D eigenvalue weighted by Gasteiger charge is -2.30. The van der Waals surface area contributed by atoms with Crippen molar-refractivity contribution in [1.82, 2.24) is 9.80 Å². The Morgan fingerprint density at radius 1 is 0.523 bits per heavy atom. The largest absolute Gasteiger partial charge is 0.507 e. The second-order valence-corrected chi connectivity index (χ2v) is 12.8. The number of phenolic OH excluding ortho intramolecular Hbond substituents is 2. The third kappa shape index (κ3) is 6.57. The van der Waals surface area contributed by atoms with Crippen molar-refractivity contribution in [1.29, 1.82) is 0 Å². The van der Waals surface area contributed by atoms with Crippen LogP contribution in [-0.4, -0.2) is 33.1 Å². The highest BCUT2D eigenvalue weighted by Gasteiger charge is 2.29. The molecule has 4 heteroatoms. The van der Waals surface area contributed by atoms with Crippen LogP contribution in [0, 0.1) is 0 Å². The van der Waals surface area contributed by atoms with Crippen LogP contribution in [0.25, 0.3) is 11.1 Å². The summed E-state index contributed by atoms with van der Waals surface area (Å²) in [7, 11) is 0. The van der Waals surface area contributed by atoms with E-state index in [1.807, 2.05) is 0 Å². The number of aromatic hydroxyl groups is 2. The summed E-state index contributed by atoms with van der Waals surface area (Å²) in [5, 5.41) is 24.4. The molecule has 0 radical (unpaired) electrons. The van der Waals surface area contributed by atoms with Gasteiger partial charge in [-0.05, 0) is 97.8 Å². The van der Waals surface area contributed by atoms with E-state index in [0.29, 0.717) is 24.6 Å². The number of phenols is 2. The maximum atomic E-state index is 12.2. The Balaban J connectivity index is 1.43. The summed E-state index contributed by atoms with van der Waals surface area (Å²) in [6.45, 7) is 9.22. The van der Waals surface area contributed by atoms with Gasteiger partial charge in [0.15, 0.2) is 0 Å². The summed E-state index contributed by atoms with van der Waals surface area (Å²) in [6.07, 6.45) is 8.56. The number of fused-ring (bicyclic) bond motifs is 2. The van der Waals surface area contributed by atoms with Gasteiger partial charge in [-0.1, -0.05) is 86.6 Å². The topological polar surface area (TPSA) is 46.9 Å². The molecule has 0 heterocycles. The predicted octanol–water partition coefficient (Wildman–Crippen LogP) is 8.57. The maximum Gasteiger partial charge on any atom is 0.128 e. The molecule has 0 saturated carbocycles. The third-order valence-electron chi connectivity index (χ3n) is 9.83. The highest BCUT2D eigenvalue weighted by Crippen LogP contribution is 2.49. The van der Waals surface area contributed by atoms with Crippen molar-refractivity contribution < 1.29 is 10.2 Å². The van der Waals surface area contributed by atoms with Crippen LogP contribution in [0.1, 0.15) is 84.0 Å². The smallest absolute Gasteiger partial charge is 0.128 e. The second kappa shape index (κ2) is 14.0. The van der Waals surface area contributed by atoms with Crippen LogP contribution in [0.5, 0.6) is 11.5 Å². The summed E-state index contributed by atoms with van der Waals surface area (Å²) in [6, 6.07) is 25.7. The van der Waals surface area contributed by atoms with Crippen molar-refractivity contribution in [3.05, 3.63) is 117 Å². The Hall–Kier alpha value is -3.60. The Morgan fingerprint density at radius 3 is 1.30 bits per heavy atom. The van der Waals surface area contributed by atoms with Crippen LogP contribution >= 0.6 is 0 Å². The first kappa shape index (κ1) is 30.4. The summed E-state index contributed by atoms with van der Waals surface area (Å²) >= 11 is 0. The van der Waals surface area contributed by atoms with Crippen LogP contribution in [0.4, 0.5) is 0 Å². The zero-order chi connectivity index (χ0) is 30.5. The summed E-state index contributed by atoms with van der Waals surface area (Å²) in [5.74, 6) is 0.739. The number of aryl methyl sites for hydroxylation is 2. The monoisotopic (exact) mass is 588 g/mol. The molecule has 0 fully saturated rings. The van der Waals surface area contributed by atoms with Gasteiger partial charge in [-0.15, -0.1) is 0 Å². The van der Waals surface area contributed by atoms with Crippen molar-refractivity contribution in [2.45, 2.75) is 91.4 Å². The molecule has 4 nitrogen and oxygen atoms in total. The first-order chi connectivity index (χ1) is 21.6. The molecule has 0 amide bonds. The predicted molar refractivity (Wildman–Crippen MR) is 181 cm³/mol. The molecule has 2 N–H and O–H groups in total. The average Bonchev–Trinajstić information content (AvgIpc) is 3.06. The normalized spacial score (nSPS) is 14.5. The van der Waals surface area contributed by atoms with Gasteiger partial charge in [0.2, 0.25) is 0 Å². The zero-order valence-electron chi connectivity index (χ0n) is 26.6. The molecule has 0 saturated heterocycles. The second-order valence-electron chi connectivity index (χ2n) is 12.8. The highest BCUT2D eigenvalue weighted by molar-refractivity contribution is 5.85. The number of nitrogens with zero attached hydrogens (tertiary/aromatic N) is 2. The summed E-state index contributed by atoms with van der Waals surface area (Å²) in [4.78, 5) is 4.80. The minimum absolute atomic E-state index is 0.369. The van der Waals surface area contributed by atoms with E-state index in [1.54, 1.807) is 0 Å². The van der Waals surface area contributed by atoms with Gasteiger partial charge in [0.1, 0.15) is 11.5 Å².